The maximum absolute atomic E-state index is 13.4. The molecule has 1 heterocycles. The number of halogens is 1. The van der Waals surface area contributed by atoms with Crippen molar-refractivity contribution in [3.63, 3.8) is 0 Å². The van der Waals surface area contributed by atoms with Crippen molar-refractivity contribution in [1.29, 1.82) is 0 Å². The molecule has 3 rings (SSSR count). The van der Waals surface area contributed by atoms with Crippen LogP contribution in [0.4, 0.5) is 4.39 Å². The Balaban J connectivity index is 1.70. The van der Waals surface area contributed by atoms with Crippen molar-refractivity contribution in [1.82, 2.24) is 4.90 Å². The van der Waals surface area contributed by atoms with Gasteiger partial charge in [0.15, 0.2) is 17.3 Å². The fraction of sp³-hybridized carbons (Fsp3) is 0.381. The molecule has 0 N–H and O–H groups in total. The highest BCUT2D eigenvalue weighted by atomic mass is 19.1. The van der Waals surface area contributed by atoms with Crippen LogP contribution in [0.2, 0.25) is 0 Å². The van der Waals surface area contributed by atoms with E-state index >= 15 is 0 Å². The lowest BCUT2D eigenvalue weighted by molar-refractivity contribution is 0.0811. The van der Waals surface area contributed by atoms with E-state index in [2.05, 4.69) is 4.90 Å². The number of ether oxygens (including phenoxy) is 2. The average molecular weight is 357 g/mol. The first-order chi connectivity index (χ1) is 12.6. The maximum Gasteiger partial charge on any atom is 0.167 e. The Morgan fingerprint density at radius 2 is 1.96 bits per heavy atom. The van der Waals surface area contributed by atoms with Crippen LogP contribution in [0.3, 0.4) is 0 Å². The van der Waals surface area contributed by atoms with Gasteiger partial charge in [-0.2, -0.15) is 0 Å². The molecule has 4 nitrogen and oxygen atoms in total. The van der Waals surface area contributed by atoms with Gasteiger partial charge in [0.25, 0.3) is 0 Å². The number of ketones is 1. The Labute approximate surface area is 153 Å². The van der Waals surface area contributed by atoms with Gasteiger partial charge in [-0.05, 0) is 55.3 Å². The molecular weight excluding hydrogens is 333 g/mol. The Morgan fingerprint density at radius 3 is 2.69 bits per heavy atom. The molecule has 1 atom stereocenters. The first-order valence-electron chi connectivity index (χ1n) is 8.83. The minimum Gasteiger partial charge on any atom is -0.493 e. The molecule has 5 heteroatoms. The average Bonchev–Trinajstić information content (AvgIpc) is 2.67. The maximum atomic E-state index is 13.4. The van der Waals surface area contributed by atoms with E-state index in [0.29, 0.717) is 30.2 Å². The van der Waals surface area contributed by atoms with E-state index in [-0.39, 0.29) is 17.5 Å². The first kappa shape index (κ1) is 18.4. The summed E-state index contributed by atoms with van der Waals surface area (Å²) in [5.41, 5.74) is 1.57. The van der Waals surface area contributed by atoms with E-state index in [1.807, 2.05) is 6.07 Å². The van der Waals surface area contributed by atoms with Crippen LogP contribution >= 0.6 is 0 Å². The lowest BCUT2D eigenvalue weighted by Gasteiger charge is -2.32. The minimum atomic E-state index is -0.225. The zero-order valence-corrected chi connectivity index (χ0v) is 15.2. The van der Waals surface area contributed by atoms with Crippen molar-refractivity contribution in [3.05, 3.63) is 59.4 Å². The third kappa shape index (κ3) is 4.22. The van der Waals surface area contributed by atoms with Gasteiger partial charge in [-0.3, -0.25) is 9.69 Å². The smallest absolute Gasteiger partial charge is 0.167 e. The van der Waals surface area contributed by atoms with Crippen molar-refractivity contribution in [3.8, 4) is 11.5 Å². The lowest BCUT2D eigenvalue weighted by Crippen LogP contribution is -2.38. The highest BCUT2D eigenvalue weighted by molar-refractivity contribution is 5.98. The molecule has 2 aromatic carbocycles. The van der Waals surface area contributed by atoms with Crippen LogP contribution in [0.25, 0.3) is 0 Å². The highest BCUT2D eigenvalue weighted by Crippen LogP contribution is 2.30. The molecule has 0 radical (unpaired) electrons. The summed E-state index contributed by atoms with van der Waals surface area (Å²) in [6.07, 6.45) is 1.83. The normalized spacial score (nSPS) is 17.7. The Kier molecular flexibility index (Phi) is 5.89. The van der Waals surface area contributed by atoms with Gasteiger partial charge in [0, 0.05) is 24.6 Å². The quantitative estimate of drug-likeness (QED) is 0.734. The topological polar surface area (TPSA) is 38.8 Å². The third-order valence-corrected chi connectivity index (χ3v) is 4.84. The van der Waals surface area contributed by atoms with Gasteiger partial charge in [0.05, 0.1) is 14.2 Å². The van der Waals surface area contributed by atoms with Gasteiger partial charge in [-0.25, -0.2) is 4.39 Å². The molecule has 0 amide bonds. The molecule has 138 valence electrons. The summed E-state index contributed by atoms with van der Waals surface area (Å²) in [5.74, 6) is 1.01. The van der Waals surface area contributed by atoms with Crippen LogP contribution in [0.5, 0.6) is 11.5 Å². The standard InChI is InChI=1S/C21H24FNO3/c1-25-19-9-8-16(12-20(19)26-2)21(24)17-6-4-10-23(14-17)13-15-5-3-7-18(22)11-15/h3,5,7-9,11-12,17H,4,6,10,13-14H2,1-2H3. The molecule has 1 saturated heterocycles. The van der Waals surface area contributed by atoms with Gasteiger partial charge in [0.1, 0.15) is 5.82 Å². The molecule has 1 unspecified atom stereocenters. The van der Waals surface area contributed by atoms with Crippen LogP contribution in [-0.2, 0) is 6.54 Å². The number of hydrogen-bond acceptors (Lipinski definition) is 4. The molecule has 26 heavy (non-hydrogen) atoms. The number of Topliss-reactive ketones (excluding diaryl/α,β-unsaturated/α-hetero) is 1. The summed E-state index contributed by atoms with van der Waals surface area (Å²) in [7, 11) is 3.14. The fourth-order valence-electron chi connectivity index (χ4n) is 3.53. The molecule has 0 aromatic heterocycles. The van der Waals surface area contributed by atoms with Gasteiger partial charge in [0.2, 0.25) is 0 Å². The van der Waals surface area contributed by atoms with Crippen molar-refractivity contribution in [2.75, 3.05) is 27.3 Å². The zero-order chi connectivity index (χ0) is 18.5. The molecule has 1 fully saturated rings. The van der Waals surface area contributed by atoms with Crippen molar-refractivity contribution in [2.45, 2.75) is 19.4 Å². The summed E-state index contributed by atoms with van der Waals surface area (Å²) >= 11 is 0. The number of nitrogens with zero attached hydrogens (tertiary/aromatic N) is 1. The number of hydrogen-bond donors (Lipinski definition) is 0. The van der Waals surface area contributed by atoms with E-state index in [4.69, 9.17) is 9.47 Å². The molecule has 0 aliphatic carbocycles. The number of methoxy groups -OCH3 is 2. The summed E-state index contributed by atoms with van der Waals surface area (Å²) in [4.78, 5) is 15.2. The van der Waals surface area contributed by atoms with Crippen LogP contribution in [0.15, 0.2) is 42.5 Å². The Hall–Kier alpha value is -2.40. The molecule has 1 aliphatic rings. The van der Waals surface area contributed by atoms with E-state index in [0.717, 1.165) is 24.9 Å². The lowest BCUT2D eigenvalue weighted by atomic mass is 9.89. The van der Waals surface area contributed by atoms with Crippen LogP contribution < -0.4 is 9.47 Å². The molecule has 1 aliphatic heterocycles. The van der Waals surface area contributed by atoms with Gasteiger partial charge < -0.3 is 9.47 Å². The fourth-order valence-corrected chi connectivity index (χ4v) is 3.53. The highest BCUT2D eigenvalue weighted by Gasteiger charge is 2.27. The third-order valence-electron chi connectivity index (χ3n) is 4.84. The SMILES string of the molecule is COc1ccc(C(=O)C2CCCN(Cc3cccc(F)c3)C2)cc1OC. The minimum absolute atomic E-state index is 0.0598. The molecular formula is C21H24FNO3. The predicted octanol–water partition coefficient (Wildman–Crippen LogP) is 3.94. The van der Waals surface area contributed by atoms with Crippen LogP contribution in [-0.4, -0.2) is 38.0 Å². The number of carbonyl (C=O) groups is 1. The Morgan fingerprint density at radius 1 is 1.15 bits per heavy atom. The number of piperidine rings is 1. The van der Waals surface area contributed by atoms with E-state index in [9.17, 15) is 9.18 Å². The first-order valence-corrected chi connectivity index (χ1v) is 8.83. The molecule has 0 spiro atoms. The second kappa shape index (κ2) is 8.32. The van der Waals surface area contributed by atoms with E-state index in [1.165, 1.54) is 6.07 Å². The van der Waals surface area contributed by atoms with Crippen molar-refractivity contribution >= 4 is 5.78 Å². The van der Waals surface area contributed by atoms with Crippen molar-refractivity contribution < 1.29 is 18.7 Å². The largest absolute Gasteiger partial charge is 0.493 e. The summed E-state index contributed by atoms with van der Waals surface area (Å²) in [5, 5.41) is 0. The van der Waals surface area contributed by atoms with Crippen LogP contribution in [0, 0.1) is 11.7 Å². The number of carbonyl (C=O) groups excluding carboxylic acids is 1. The second-order valence-electron chi connectivity index (χ2n) is 6.64. The molecule has 0 bridgehead atoms. The Bertz CT molecular complexity index is 778. The number of rotatable bonds is 6. The summed E-state index contributed by atoms with van der Waals surface area (Å²) in [6.45, 7) is 2.27. The summed E-state index contributed by atoms with van der Waals surface area (Å²) < 4.78 is 23.9. The predicted molar refractivity (Wildman–Crippen MR) is 98.3 cm³/mol. The zero-order valence-electron chi connectivity index (χ0n) is 15.2. The van der Waals surface area contributed by atoms with E-state index < -0.39 is 0 Å². The van der Waals surface area contributed by atoms with Crippen molar-refractivity contribution in [2.24, 2.45) is 5.92 Å². The van der Waals surface area contributed by atoms with E-state index in [1.54, 1.807) is 44.6 Å². The number of likely N-dealkylation sites (tertiary alicyclic amines) is 1. The summed E-state index contributed by atoms with van der Waals surface area (Å²) in [6, 6.07) is 11.9. The number of benzene rings is 2. The monoisotopic (exact) mass is 357 g/mol. The van der Waals surface area contributed by atoms with Crippen LogP contribution in [0.1, 0.15) is 28.8 Å². The van der Waals surface area contributed by atoms with Gasteiger partial charge in [-0.15, -0.1) is 0 Å². The van der Waals surface area contributed by atoms with Gasteiger partial charge >= 0.3 is 0 Å². The molecule has 2 aromatic rings. The molecule has 0 saturated carbocycles. The van der Waals surface area contributed by atoms with Gasteiger partial charge in [-0.1, -0.05) is 12.1 Å². The second-order valence-corrected chi connectivity index (χ2v) is 6.64.